The average molecular weight is 335 g/mol. The Labute approximate surface area is 115 Å². The molecule has 0 radical (unpaired) electrons. The van der Waals surface area contributed by atoms with Crippen molar-refractivity contribution in [3.05, 3.63) is 28.6 Å². The third kappa shape index (κ3) is 2.69. The number of halogens is 1. The van der Waals surface area contributed by atoms with Crippen LogP contribution in [-0.2, 0) is 16.6 Å². The van der Waals surface area contributed by atoms with Crippen molar-refractivity contribution >= 4 is 26.0 Å². The van der Waals surface area contributed by atoms with Gasteiger partial charge in [0.25, 0.3) is 0 Å². The maximum Gasteiger partial charge on any atom is 0.247 e. The minimum atomic E-state index is -3.48. The summed E-state index contributed by atoms with van der Waals surface area (Å²) in [4.78, 5) is 0.197. The Morgan fingerprint density at radius 3 is 2.89 bits per heavy atom. The standard InChI is InChI=1S/C11H15BrN2O3S/c1-13-8-9-7-10(11(12)17-9)18(15,16)14-5-3-2-4-6-14/h2-3,7,13H,4-6,8H2,1H3. The van der Waals surface area contributed by atoms with Gasteiger partial charge in [-0.05, 0) is 29.4 Å². The first-order valence-electron chi connectivity index (χ1n) is 5.63. The second-order valence-electron chi connectivity index (χ2n) is 4.00. The summed E-state index contributed by atoms with van der Waals surface area (Å²) >= 11 is 3.17. The molecule has 1 aliphatic heterocycles. The van der Waals surface area contributed by atoms with E-state index in [0.29, 0.717) is 25.4 Å². The first kappa shape index (κ1) is 13.8. The third-order valence-electron chi connectivity index (χ3n) is 2.70. The second-order valence-corrected chi connectivity index (χ2v) is 6.63. The van der Waals surface area contributed by atoms with Crippen molar-refractivity contribution in [1.82, 2.24) is 9.62 Å². The van der Waals surface area contributed by atoms with Gasteiger partial charge in [0.2, 0.25) is 10.0 Å². The highest BCUT2D eigenvalue weighted by Crippen LogP contribution is 2.29. The summed E-state index contributed by atoms with van der Waals surface area (Å²) in [5, 5.41) is 2.92. The number of furan rings is 1. The first-order chi connectivity index (χ1) is 8.55. The molecule has 2 rings (SSSR count). The molecule has 1 aromatic rings. The van der Waals surface area contributed by atoms with Gasteiger partial charge in [-0.25, -0.2) is 8.42 Å². The second kappa shape index (κ2) is 5.56. The quantitative estimate of drug-likeness (QED) is 0.851. The molecule has 18 heavy (non-hydrogen) atoms. The molecule has 2 heterocycles. The zero-order valence-electron chi connectivity index (χ0n) is 10.0. The fourth-order valence-electron chi connectivity index (χ4n) is 1.81. The monoisotopic (exact) mass is 334 g/mol. The summed E-state index contributed by atoms with van der Waals surface area (Å²) < 4.78 is 31.9. The number of hydrogen-bond donors (Lipinski definition) is 1. The summed E-state index contributed by atoms with van der Waals surface area (Å²) in [6.07, 6.45) is 4.60. The number of nitrogens with zero attached hydrogens (tertiary/aromatic N) is 1. The van der Waals surface area contributed by atoms with Gasteiger partial charge < -0.3 is 9.73 Å². The zero-order chi connectivity index (χ0) is 13.2. The van der Waals surface area contributed by atoms with Gasteiger partial charge in [0, 0.05) is 19.2 Å². The Bertz CT molecular complexity index is 551. The fraction of sp³-hybridized carbons (Fsp3) is 0.455. The van der Waals surface area contributed by atoms with Gasteiger partial charge in [-0.1, -0.05) is 12.2 Å². The van der Waals surface area contributed by atoms with Crippen LogP contribution in [0.4, 0.5) is 0 Å². The lowest BCUT2D eigenvalue weighted by Crippen LogP contribution is -2.33. The molecule has 5 nitrogen and oxygen atoms in total. The Morgan fingerprint density at radius 2 is 2.28 bits per heavy atom. The van der Waals surface area contributed by atoms with Gasteiger partial charge >= 0.3 is 0 Å². The highest BCUT2D eigenvalue weighted by molar-refractivity contribution is 9.10. The molecular weight excluding hydrogens is 320 g/mol. The molecule has 0 fully saturated rings. The molecule has 1 aliphatic rings. The number of nitrogens with one attached hydrogen (secondary N) is 1. The molecule has 1 N–H and O–H groups in total. The van der Waals surface area contributed by atoms with Crippen LogP contribution in [-0.4, -0.2) is 32.9 Å². The van der Waals surface area contributed by atoms with E-state index in [1.807, 2.05) is 12.2 Å². The van der Waals surface area contributed by atoms with Crippen LogP contribution in [0.3, 0.4) is 0 Å². The van der Waals surface area contributed by atoms with Crippen LogP contribution in [0, 0.1) is 0 Å². The van der Waals surface area contributed by atoms with Gasteiger partial charge in [-0.3, -0.25) is 0 Å². The smallest absolute Gasteiger partial charge is 0.247 e. The maximum atomic E-state index is 12.4. The van der Waals surface area contributed by atoms with E-state index >= 15 is 0 Å². The lowest BCUT2D eigenvalue weighted by molar-refractivity contribution is 0.433. The van der Waals surface area contributed by atoms with Gasteiger partial charge in [0.1, 0.15) is 10.7 Å². The predicted octanol–water partition coefficient (Wildman–Crippen LogP) is 1.71. The number of sulfonamides is 1. The summed E-state index contributed by atoms with van der Waals surface area (Å²) in [6.45, 7) is 1.42. The highest BCUT2D eigenvalue weighted by atomic mass is 79.9. The fourth-order valence-corrected chi connectivity index (χ4v) is 4.18. The lowest BCUT2D eigenvalue weighted by Gasteiger charge is -2.21. The molecule has 0 saturated heterocycles. The van der Waals surface area contributed by atoms with Gasteiger partial charge in [-0.15, -0.1) is 0 Å². The van der Waals surface area contributed by atoms with Crippen LogP contribution in [0.15, 0.2) is 32.2 Å². The topological polar surface area (TPSA) is 62.6 Å². The van der Waals surface area contributed by atoms with E-state index in [-0.39, 0.29) is 9.56 Å². The Kier molecular flexibility index (Phi) is 4.26. The average Bonchev–Trinajstić information content (AvgIpc) is 2.73. The van der Waals surface area contributed by atoms with Crippen LogP contribution < -0.4 is 5.32 Å². The minimum Gasteiger partial charge on any atom is -0.452 e. The van der Waals surface area contributed by atoms with Crippen molar-refractivity contribution in [2.24, 2.45) is 0 Å². The molecule has 0 atom stereocenters. The summed E-state index contributed by atoms with van der Waals surface area (Å²) in [6, 6.07) is 1.56. The van der Waals surface area contributed by atoms with Crippen molar-refractivity contribution < 1.29 is 12.8 Å². The molecule has 0 aliphatic carbocycles. The van der Waals surface area contributed by atoms with E-state index in [0.717, 1.165) is 6.42 Å². The normalized spacial score (nSPS) is 17.2. The van der Waals surface area contributed by atoms with Gasteiger partial charge in [0.05, 0.1) is 6.54 Å². The Balaban J connectivity index is 2.31. The Morgan fingerprint density at radius 1 is 1.50 bits per heavy atom. The number of hydrogen-bond acceptors (Lipinski definition) is 4. The SMILES string of the molecule is CNCc1cc(S(=O)(=O)N2CC=CCC2)c(Br)o1. The largest absolute Gasteiger partial charge is 0.452 e. The molecule has 100 valence electrons. The predicted molar refractivity (Wildman–Crippen MR) is 71.7 cm³/mol. The van der Waals surface area contributed by atoms with E-state index in [9.17, 15) is 8.42 Å². The van der Waals surface area contributed by atoms with Crippen LogP contribution in [0.5, 0.6) is 0 Å². The van der Waals surface area contributed by atoms with Crippen molar-refractivity contribution in [3.8, 4) is 0 Å². The van der Waals surface area contributed by atoms with Crippen molar-refractivity contribution in [3.63, 3.8) is 0 Å². The van der Waals surface area contributed by atoms with Crippen LogP contribution in [0.2, 0.25) is 0 Å². The molecule has 0 spiro atoms. The van der Waals surface area contributed by atoms with E-state index in [2.05, 4.69) is 21.2 Å². The van der Waals surface area contributed by atoms with Crippen LogP contribution in [0.25, 0.3) is 0 Å². The van der Waals surface area contributed by atoms with Gasteiger partial charge in [-0.2, -0.15) is 4.31 Å². The van der Waals surface area contributed by atoms with Crippen molar-refractivity contribution in [2.75, 3.05) is 20.1 Å². The van der Waals surface area contributed by atoms with Gasteiger partial charge in [0.15, 0.2) is 4.67 Å². The van der Waals surface area contributed by atoms with E-state index in [4.69, 9.17) is 4.42 Å². The van der Waals surface area contributed by atoms with E-state index in [1.54, 1.807) is 13.1 Å². The zero-order valence-corrected chi connectivity index (χ0v) is 12.4. The maximum absolute atomic E-state index is 12.4. The van der Waals surface area contributed by atoms with E-state index < -0.39 is 10.0 Å². The minimum absolute atomic E-state index is 0.197. The summed E-state index contributed by atoms with van der Waals surface area (Å²) in [5.41, 5.74) is 0. The molecule has 7 heteroatoms. The van der Waals surface area contributed by atoms with Crippen molar-refractivity contribution in [1.29, 1.82) is 0 Å². The molecular formula is C11H15BrN2O3S. The van der Waals surface area contributed by atoms with Crippen LogP contribution >= 0.6 is 15.9 Å². The highest BCUT2D eigenvalue weighted by Gasteiger charge is 2.29. The molecule has 0 unspecified atom stereocenters. The van der Waals surface area contributed by atoms with Crippen LogP contribution in [0.1, 0.15) is 12.2 Å². The number of rotatable bonds is 4. The summed E-state index contributed by atoms with van der Waals surface area (Å²) in [5.74, 6) is 0.593. The third-order valence-corrected chi connectivity index (χ3v) is 5.42. The lowest BCUT2D eigenvalue weighted by atomic mass is 10.3. The van der Waals surface area contributed by atoms with Crippen molar-refractivity contribution in [2.45, 2.75) is 17.9 Å². The molecule has 1 aromatic heterocycles. The Hall–Kier alpha value is -0.630. The summed E-state index contributed by atoms with van der Waals surface area (Å²) in [7, 11) is -1.70. The van der Waals surface area contributed by atoms with E-state index in [1.165, 1.54) is 4.31 Å². The molecule has 0 amide bonds. The molecule has 0 bridgehead atoms. The molecule has 0 saturated carbocycles. The molecule has 0 aromatic carbocycles. The first-order valence-corrected chi connectivity index (χ1v) is 7.87.